The highest BCUT2D eigenvalue weighted by molar-refractivity contribution is 8.02. The number of carbonyl (C=O) groups excluding carboxylic acids is 1. The van der Waals surface area contributed by atoms with E-state index >= 15 is 0 Å². The number of rotatable bonds is 5. The Kier molecular flexibility index (Phi) is 5.48. The van der Waals surface area contributed by atoms with Crippen molar-refractivity contribution in [3.05, 3.63) is 46.6 Å². The number of benzene rings is 1. The molecule has 26 heavy (non-hydrogen) atoms. The third-order valence-corrected chi connectivity index (χ3v) is 6.31. The molecule has 0 spiro atoms. The maximum absolute atomic E-state index is 12.6. The van der Waals surface area contributed by atoms with Gasteiger partial charge < -0.3 is 5.32 Å². The quantitative estimate of drug-likeness (QED) is 0.652. The zero-order chi connectivity index (χ0) is 18.8. The molecule has 1 aromatic carbocycles. The first-order valence-electron chi connectivity index (χ1n) is 8.35. The third kappa shape index (κ3) is 3.99. The number of thiazole rings is 1. The van der Waals surface area contributed by atoms with E-state index in [0.29, 0.717) is 0 Å². The molecule has 0 fully saturated rings. The summed E-state index contributed by atoms with van der Waals surface area (Å²) in [6.45, 7) is 7.81. The normalized spacial score (nSPS) is 12.2. The first-order chi connectivity index (χ1) is 12.3. The number of hydrogen-bond acceptors (Lipinski definition) is 5. The van der Waals surface area contributed by atoms with Crippen LogP contribution in [0.1, 0.15) is 23.9 Å². The molecule has 0 unspecified atom stereocenters. The van der Waals surface area contributed by atoms with Crippen LogP contribution in [0.2, 0.25) is 0 Å². The molecule has 136 valence electrons. The van der Waals surface area contributed by atoms with E-state index < -0.39 is 0 Å². The van der Waals surface area contributed by atoms with Crippen molar-refractivity contribution < 1.29 is 4.79 Å². The molecule has 0 aliphatic heterocycles. The van der Waals surface area contributed by atoms with Gasteiger partial charge in [0.05, 0.1) is 28.0 Å². The summed E-state index contributed by atoms with van der Waals surface area (Å²) in [6, 6.07) is 8.30. The van der Waals surface area contributed by atoms with Gasteiger partial charge in [0.25, 0.3) is 0 Å². The van der Waals surface area contributed by atoms with Crippen LogP contribution in [-0.4, -0.2) is 25.9 Å². The molecule has 5 nitrogen and oxygen atoms in total. The van der Waals surface area contributed by atoms with E-state index in [1.165, 1.54) is 17.3 Å². The fraction of sp³-hybridized carbons (Fsp3) is 0.316. The molecule has 0 saturated heterocycles. The molecule has 0 saturated carbocycles. The Balaban J connectivity index is 1.67. The molecule has 1 N–H and O–H groups in total. The second-order valence-corrected chi connectivity index (χ2v) is 8.73. The maximum atomic E-state index is 12.6. The van der Waals surface area contributed by atoms with E-state index in [1.54, 1.807) is 16.0 Å². The Labute approximate surface area is 161 Å². The molecule has 2 heterocycles. The summed E-state index contributed by atoms with van der Waals surface area (Å²) in [4.78, 5) is 17.2. The highest BCUT2D eigenvalue weighted by Crippen LogP contribution is 2.31. The van der Waals surface area contributed by atoms with Crippen molar-refractivity contribution in [3.63, 3.8) is 0 Å². The summed E-state index contributed by atoms with van der Waals surface area (Å²) >= 11 is 3.04. The van der Waals surface area contributed by atoms with Gasteiger partial charge in [-0.05, 0) is 27.7 Å². The van der Waals surface area contributed by atoms with Gasteiger partial charge in [-0.3, -0.25) is 9.48 Å². The monoisotopic (exact) mass is 386 g/mol. The molecule has 1 amide bonds. The number of aryl methyl sites for hydroxylation is 3. The molecule has 1 atom stereocenters. The molecular formula is C19H22N4OS2. The van der Waals surface area contributed by atoms with Gasteiger partial charge in [-0.15, -0.1) is 11.3 Å². The first kappa shape index (κ1) is 18.7. The Morgan fingerprint density at radius 3 is 2.54 bits per heavy atom. The van der Waals surface area contributed by atoms with Crippen LogP contribution in [0, 0.1) is 20.8 Å². The Hall–Kier alpha value is -2.12. The summed E-state index contributed by atoms with van der Waals surface area (Å²) in [6.07, 6.45) is 0. The lowest BCUT2D eigenvalue weighted by atomic mass is 10.1. The number of carbonyl (C=O) groups is 1. The number of aromatic nitrogens is 3. The smallest absolute Gasteiger partial charge is 0.237 e. The fourth-order valence-corrected chi connectivity index (χ4v) is 4.52. The van der Waals surface area contributed by atoms with Crippen LogP contribution in [-0.2, 0) is 11.8 Å². The minimum absolute atomic E-state index is 0.0405. The van der Waals surface area contributed by atoms with Crippen molar-refractivity contribution in [1.29, 1.82) is 0 Å². The molecule has 7 heteroatoms. The van der Waals surface area contributed by atoms with Crippen molar-refractivity contribution in [2.45, 2.75) is 37.3 Å². The van der Waals surface area contributed by atoms with Crippen LogP contribution in [0.5, 0.6) is 0 Å². The van der Waals surface area contributed by atoms with Crippen molar-refractivity contribution >= 4 is 34.7 Å². The van der Waals surface area contributed by atoms with E-state index in [1.807, 2.05) is 33.2 Å². The van der Waals surface area contributed by atoms with E-state index in [0.717, 1.165) is 32.7 Å². The summed E-state index contributed by atoms with van der Waals surface area (Å²) in [5.41, 5.74) is 5.84. The molecule has 3 rings (SSSR count). The topological polar surface area (TPSA) is 59.8 Å². The first-order valence-corrected chi connectivity index (χ1v) is 10.1. The van der Waals surface area contributed by atoms with Gasteiger partial charge in [0.15, 0.2) is 4.34 Å². The van der Waals surface area contributed by atoms with Gasteiger partial charge in [0.2, 0.25) is 5.91 Å². The SMILES string of the molecule is Cc1ccc(-c2csc(S[C@H](C)C(=O)Nc3c(C)nn(C)c3C)n2)cc1. The van der Waals surface area contributed by atoms with Crippen LogP contribution < -0.4 is 5.32 Å². The van der Waals surface area contributed by atoms with Gasteiger partial charge in [-0.1, -0.05) is 41.6 Å². The minimum atomic E-state index is -0.244. The van der Waals surface area contributed by atoms with Gasteiger partial charge >= 0.3 is 0 Å². The number of hydrogen-bond donors (Lipinski definition) is 1. The summed E-state index contributed by atoms with van der Waals surface area (Å²) in [7, 11) is 1.87. The maximum Gasteiger partial charge on any atom is 0.237 e. The van der Waals surface area contributed by atoms with Crippen molar-refractivity contribution in [3.8, 4) is 11.3 Å². The minimum Gasteiger partial charge on any atom is -0.322 e. The highest BCUT2D eigenvalue weighted by Gasteiger charge is 2.20. The summed E-state index contributed by atoms with van der Waals surface area (Å²) in [5, 5.41) is 9.12. The van der Waals surface area contributed by atoms with Crippen molar-refractivity contribution in [2.24, 2.45) is 7.05 Å². The second kappa shape index (κ2) is 7.63. The number of anilines is 1. The van der Waals surface area contributed by atoms with Gasteiger partial charge in [0, 0.05) is 18.0 Å². The number of nitrogens with zero attached hydrogens (tertiary/aromatic N) is 3. The van der Waals surface area contributed by atoms with Gasteiger partial charge in [-0.2, -0.15) is 5.10 Å². The molecule has 0 aliphatic carbocycles. The molecule has 2 aromatic heterocycles. The summed E-state index contributed by atoms with van der Waals surface area (Å²) in [5.74, 6) is -0.0405. The predicted molar refractivity (Wildman–Crippen MR) is 109 cm³/mol. The largest absolute Gasteiger partial charge is 0.322 e. The zero-order valence-corrected chi connectivity index (χ0v) is 17.2. The lowest BCUT2D eigenvalue weighted by Crippen LogP contribution is -2.23. The molecule has 3 aromatic rings. The van der Waals surface area contributed by atoms with Crippen molar-refractivity contribution in [1.82, 2.24) is 14.8 Å². The van der Waals surface area contributed by atoms with Crippen LogP contribution in [0.25, 0.3) is 11.3 Å². The Morgan fingerprint density at radius 2 is 1.92 bits per heavy atom. The number of thioether (sulfide) groups is 1. The van der Waals surface area contributed by atoms with E-state index in [-0.39, 0.29) is 11.2 Å². The van der Waals surface area contributed by atoms with Gasteiger partial charge in [0.1, 0.15) is 0 Å². The van der Waals surface area contributed by atoms with E-state index in [9.17, 15) is 4.79 Å². The molecule has 0 bridgehead atoms. The average molecular weight is 387 g/mol. The lowest BCUT2D eigenvalue weighted by Gasteiger charge is -2.10. The Morgan fingerprint density at radius 1 is 1.23 bits per heavy atom. The van der Waals surface area contributed by atoms with Crippen molar-refractivity contribution in [2.75, 3.05) is 5.32 Å². The van der Waals surface area contributed by atoms with Crippen LogP contribution in [0.4, 0.5) is 5.69 Å². The van der Waals surface area contributed by atoms with Crippen LogP contribution >= 0.6 is 23.1 Å². The molecule has 0 aliphatic rings. The standard InChI is InChI=1S/C19H22N4OS2/c1-11-6-8-15(9-7-11)16-10-25-19(20-16)26-14(4)18(24)21-17-12(2)22-23(5)13(17)3/h6-10,14H,1-5H3,(H,21,24)/t14-/m1/s1. The zero-order valence-electron chi connectivity index (χ0n) is 15.5. The second-order valence-electron chi connectivity index (χ2n) is 6.28. The molecular weight excluding hydrogens is 364 g/mol. The summed E-state index contributed by atoms with van der Waals surface area (Å²) < 4.78 is 2.67. The highest BCUT2D eigenvalue weighted by atomic mass is 32.2. The van der Waals surface area contributed by atoms with Gasteiger partial charge in [-0.25, -0.2) is 4.98 Å². The molecule has 0 radical (unpaired) electrons. The lowest BCUT2D eigenvalue weighted by molar-refractivity contribution is -0.115. The van der Waals surface area contributed by atoms with Crippen LogP contribution in [0.3, 0.4) is 0 Å². The average Bonchev–Trinajstić information content (AvgIpc) is 3.15. The van der Waals surface area contributed by atoms with E-state index in [2.05, 4.69) is 46.6 Å². The Bertz CT molecular complexity index is 928. The van der Waals surface area contributed by atoms with Crippen LogP contribution in [0.15, 0.2) is 34.0 Å². The third-order valence-electron chi connectivity index (χ3n) is 4.23. The number of amides is 1. The van der Waals surface area contributed by atoms with E-state index in [4.69, 9.17) is 0 Å². The predicted octanol–water partition coefficient (Wildman–Crippen LogP) is 4.59. The fourth-order valence-electron chi connectivity index (χ4n) is 2.55. The number of nitrogens with one attached hydrogen (secondary N) is 1.